The first kappa shape index (κ1) is 9.88. The molecule has 0 aliphatic carbocycles. The molecular weight excluding hydrogens is 126 g/mol. The lowest BCUT2D eigenvalue weighted by atomic mass is 10.0. The largest absolute Gasteiger partial charge is 0.330 e. The fraction of sp³-hybridized carbons (Fsp3) is 1.00. The van der Waals surface area contributed by atoms with E-state index in [4.69, 9.17) is 17.2 Å². The van der Waals surface area contributed by atoms with Crippen molar-refractivity contribution in [1.82, 2.24) is 0 Å². The van der Waals surface area contributed by atoms with E-state index in [0.29, 0.717) is 6.54 Å². The van der Waals surface area contributed by atoms with E-state index in [2.05, 4.69) is 6.92 Å². The second kappa shape index (κ2) is 5.65. The fourth-order valence-corrected chi connectivity index (χ4v) is 0.887. The highest BCUT2D eigenvalue weighted by molar-refractivity contribution is 4.69. The summed E-state index contributed by atoms with van der Waals surface area (Å²) in [5.41, 5.74) is 16.7. The second-order valence-electron chi connectivity index (χ2n) is 2.74. The van der Waals surface area contributed by atoms with Gasteiger partial charge in [-0.2, -0.15) is 0 Å². The first-order chi connectivity index (χ1) is 4.70. The van der Waals surface area contributed by atoms with Crippen molar-refractivity contribution >= 4 is 0 Å². The van der Waals surface area contributed by atoms with Gasteiger partial charge in [-0.15, -0.1) is 0 Å². The summed E-state index contributed by atoms with van der Waals surface area (Å²) in [6.07, 6.45) is 2.78. The van der Waals surface area contributed by atoms with Crippen molar-refractivity contribution < 1.29 is 0 Å². The lowest BCUT2D eigenvalue weighted by Crippen LogP contribution is -2.32. The van der Waals surface area contributed by atoms with Crippen molar-refractivity contribution in [2.24, 2.45) is 17.2 Å². The molecule has 0 aromatic rings. The van der Waals surface area contributed by atoms with Crippen LogP contribution < -0.4 is 17.2 Å². The lowest BCUT2D eigenvalue weighted by Gasteiger charge is -2.14. The number of hydrogen-bond acceptors (Lipinski definition) is 3. The third kappa shape index (κ3) is 4.73. The van der Waals surface area contributed by atoms with E-state index >= 15 is 0 Å². The molecule has 6 N–H and O–H groups in total. The molecule has 0 aliphatic rings. The molecule has 0 heterocycles. The van der Waals surface area contributed by atoms with E-state index in [1.54, 1.807) is 0 Å². The standard InChI is InChI=1S/C7H19N3/c1-2-6(9)5-7(10)3-4-8/h6-7H,2-5,8-10H2,1H3. The Morgan fingerprint density at radius 1 is 1.20 bits per heavy atom. The molecule has 0 spiro atoms. The van der Waals surface area contributed by atoms with Crippen molar-refractivity contribution in [3.05, 3.63) is 0 Å². The summed E-state index contributed by atoms with van der Waals surface area (Å²) in [5.74, 6) is 0. The first-order valence-corrected chi connectivity index (χ1v) is 3.92. The summed E-state index contributed by atoms with van der Waals surface area (Å²) in [5, 5.41) is 0. The molecule has 0 amide bonds. The molecule has 0 radical (unpaired) electrons. The Kier molecular flexibility index (Phi) is 5.58. The van der Waals surface area contributed by atoms with E-state index < -0.39 is 0 Å². The summed E-state index contributed by atoms with van der Waals surface area (Å²) < 4.78 is 0. The Balaban J connectivity index is 3.27. The average molecular weight is 145 g/mol. The maximum absolute atomic E-state index is 5.70. The zero-order valence-electron chi connectivity index (χ0n) is 6.72. The number of nitrogens with two attached hydrogens (primary N) is 3. The molecule has 0 rings (SSSR count). The van der Waals surface area contributed by atoms with Crippen molar-refractivity contribution in [3.8, 4) is 0 Å². The molecule has 3 nitrogen and oxygen atoms in total. The summed E-state index contributed by atoms with van der Waals surface area (Å²) in [6.45, 7) is 2.73. The number of hydrogen-bond donors (Lipinski definition) is 3. The topological polar surface area (TPSA) is 78.1 Å². The molecule has 0 fully saturated rings. The lowest BCUT2D eigenvalue weighted by molar-refractivity contribution is 0.492. The van der Waals surface area contributed by atoms with Crippen LogP contribution in [-0.4, -0.2) is 18.6 Å². The van der Waals surface area contributed by atoms with Gasteiger partial charge in [0, 0.05) is 12.1 Å². The minimum atomic E-state index is 0.194. The van der Waals surface area contributed by atoms with Crippen LogP contribution in [0.25, 0.3) is 0 Å². The molecule has 0 bridgehead atoms. The minimum absolute atomic E-state index is 0.194. The molecule has 2 unspecified atom stereocenters. The SMILES string of the molecule is CCC(N)CC(N)CCN. The summed E-state index contributed by atoms with van der Waals surface area (Å²) in [4.78, 5) is 0. The van der Waals surface area contributed by atoms with Crippen LogP contribution in [0.1, 0.15) is 26.2 Å². The molecule has 62 valence electrons. The predicted octanol–water partition coefficient (Wildman–Crippen LogP) is -0.210. The van der Waals surface area contributed by atoms with E-state index in [0.717, 1.165) is 19.3 Å². The summed E-state index contributed by atoms with van der Waals surface area (Å²) in [7, 11) is 0. The third-order valence-electron chi connectivity index (χ3n) is 1.67. The zero-order chi connectivity index (χ0) is 7.98. The molecule has 3 heteroatoms. The smallest absolute Gasteiger partial charge is 0.00655 e. The molecule has 0 aliphatic heterocycles. The summed E-state index contributed by atoms with van der Waals surface area (Å²) in [6, 6.07) is 0.446. The number of rotatable bonds is 5. The van der Waals surface area contributed by atoms with Gasteiger partial charge < -0.3 is 17.2 Å². The molecule has 0 aromatic carbocycles. The Morgan fingerprint density at radius 2 is 1.80 bits per heavy atom. The van der Waals surface area contributed by atoms with Crippen LogP contribution >= 0.6 is 0 Å². The van der Waals surface area contributed by atoms with Gasteiger partial charge in [-0.3, -0.25) is 0 Å². The quantitative estimate of drug-likeness (QED) is 0.501. The summed E-state index contributed by atoms with van der Waals surface area (Å²) >= 11 is 0. The van der Waals surface area contributed by atoms with Crippen molar-refractivity contribution in [2.45, 2.75) is 38.3 Å². The molecule has 0 aromatic heterocycles. The van der Waals surface area contributed by atoms with E-state index in [1.165, 1.54) is 0 Å². The van der Waals surface area contributed by atoms with Gasteiger partial charge in [-0.25, -0.2) is 0 Å². The highest BCUT2D eigenvalue weighted by Crippen LogP contribution is 1.99. The minimum Gasteiger partial charge on any atom is -0.330 e. The fourth-order valence-electron chi connectivity index (χ4n) is 0.887. The maximum atomic E-state index is 5.70. The third-order valence-corrected chi connectivity index (χ3v) is 1.67. The normalized spacial score (nSPS) is 16.8. The van der Waals surface area contributed by atoms with Crippen LogP contribution in [0, 0.1) is 0 Å². The average Bonchev–Trinajstić information content (AvgIpc) is 1.88. The first-order valence-electron chi connectivity index (χ1n) is 3.92. The van der Waals surface area contributed by atoms with Crippen LogP contribution in [0.3, 0.4) is 0 Å². The highest BCUT2D eigenvalue weighted by atomic mass is 14.7. The van der Waals surface area contributed by atoms with Crippen molar-refractivity contribution in [1.29, 1.82) is 0 Å². The van der Waals surface area contributed by atoms with E-state index in [1.807, 2.05) is 0 Å². The maximum Gasteiger partial charge on any atom is 0.00655 e. The van der Waals surface area contributed by atoms with Gasteiger partial charge in [0.2, 0.25) is 0 Å². The zero-order valence-corrected chi connectivity index (χ0v) is 6.72. The Morgan fingerprint density at radius 3 is 2.20 bits per heavy atom. The molecule has 0 saturated carbocycles. The highest BCUT2D eigenvalue weighted by Gasteiger charge is 2.05. The van der Waals surface area contributed by atoms with Gasteiger partial charge in [0.15, 0.2) is 0 Å². The Bertz CT molecular complexity index is 75.3. The molecule has 10 heavy (non-hydrogen) atoms. The molecule has 0 saturated heterocycles. The molecule has 2 atom stereocenters. The van der Waals surface area contributed by atoms with Crippen LogP contribution in [0.2, 0.25) is 0 Å². The van der Waals surface area contributed by atoms with Gasteiger partial charge in [-0.1, -0.05) is 6.92 Å². The van der Waals surface area contributed by atoms with Crippen molar-refractivity contribution in [2.75, 3.05) is 6.54 Å². The molecular formula is C7H19N3. The Hall–Kier alpha value is -0.120. The van der Waals surface area contributed by atoms with Gasteiger partial charge in [0.05, 0.1) is 0 Å². The predicted molar refractivity (Wildman–Crippen MR) is 44.5 cm³/mol. The van der Waals surface area contributed by atoms with Crippen LogP contribution in [0.5, 0.6) is 0 Å². The van der Waals surface area contributed by atoms with Gasteiger partial charge >= 0.3 is 0 Å². The second-order valence-corrected chi connectivity index (χ2v) is 2.74. The van der Waals surface area contributed by atoms with E-state index in [9.17, 15) is 0 Å². The Labute approximate surface area is 62.9 Å². The van der Waals surface area contributed by atoms with Gasteiger partial charge in [0.1, 0.15) is 0 Å². The monoisotopic (exact) mass is 145 g/mol. The van der Waals surface area contributed by atoms with Gasteiger partial charge in [-0.05, 0) is 25.8 Å². The van der Waals surface area contributed by atoms with Crippen LogP contribution in [-0.2, 0) is 0 Å². The van der Waals surface area contributed by atoms with E-state index in [-0.39, 0.29) is 12.1 Å². The van der Waals surface area contributed by atoms with Crippen LogP contribution in [0.4, 0.5) is 0 Å². The van der Waals surface area contributed by atoms with Crippen LogP contribution in [0.15, 0.2) is 0 Å². The van der Waals surface area contributed by atoms with Crippen molar-refractivity contribution in [3.63, 3.8) is 0 Å². The van der Waals surface area contributed by atoms with Gasteiger partial charge in [0.25, 0.3) is 0 Å².